The van der Waals surface area contributed by atoms with Crippen LogP contribution in [0.3, 0.4) is 0 Å². The van der Waals surface area contributed by atoms with Gasteiger partial charge >= 0.3 is 0 Å². The predicted molar refractivity (Wildman–Crippen MR) is 104 cm³/mol. The molecule has 0 aliphatic carbocycles. The summed E-state index contributed by atoms with van der Waals surface area (Å²) in [5.41, 5.74) is 0. The summed E-state index contributed by atoms with van der Waals surface area (Å²) in [7, 11) is 4.54. The zero-order valence-electron chi connectivity index (χ0n) is 16.8. The Morgan fingerprint density at radius 3 is 1.39 bits per heavy atom. The van der Waals surface area contributed by atoms with Crippen molar-refractivity contribution in [3.05, 3.63) is 0 Å². The molecule has 0 rings (SSSR count). The maximum absolute atomic E-state index is 9.45. The third kappa shape index (κ3) is 12.9. The third-order valence-electron chi connectivity index (χ3n) is 5.51. The molecule has 0 spiro atoms. The molecular formula is C21H46NO+. The Labute approximate surface area is 147 Å². The molecule has 0 aromatic rings. The van der Waals surface area contributed by atoms with Gasteiger partial charge in [-0.2, -0.15) is 0 Å². The molecule has 1 N–H and O–H groups in total. The van der Waals surface area contributed by atoms with Crippen molar-refractivity contribution >= 4 is 0 Å². The van der Waals surface area contributed by atoms with Crippen LogP contribution < -0.4 is 0 Å². The number of quaternary nitrogens is 1. The van der Waals surface area contributed by atoms with E-state index in [1.807, 2.05) is 0 Å². The molecule has 140 valence electrons. The summed E-state index contributed by atoms with van der Waals surface area (Å²) < 4.78 is 0.977. The highest BCUT2D eigenvalue weighted by Crippen LogP contribution is 2.15. The molecule has 0 aliphatic heterocycles. The van der Waals surface area contributed by atoms with Gasteiger partial charge in [-0.15, -0.1) is 0 Å². The van der Waals surface area contributed by atoms with Crippen molar-refractivity contribution in [2.24, 2.45) is 0 Å². The van der Waals surface area contributed by atoms with Crippen LogP contribution in [0.5, 0.6) is 0 Å². The molecular weight excluding hydrogens is 282 g/mol. The van der Waals surface area contributed by atoms with Crippen molar-refractivity contribution < 1.29 is 9.59 Å². The monoisotopic (exact) mass is 328 g/mol. The van der Waals surface area contributed by atoms with Crippen LogP contribution in [-0.4, -0.2) is 42.9 Å². The fraction of sp³-hybridized carbons (Fsp3) is 1.00. The zero-order chi connectivity index (χ0) is 17.4. The summed E-state index contributed by atoms with van der Waals surface area (Å²) in [6, 6.07) is 0.410. The molecule has 23 heavy (non-hydrogen) atoms. The molecule has 0 fully saturated rings. The molecule has 0 saturated carbocycles. The van der Waals surface area contributed by atoms with Crippen LogP contribution in [-0.2, 0) is 0 Å². The molecule has 0 heterocycles. The van der Waals surface area contributed by atoms with Gasteiger partial charge in [0.05, 0.1) is 27.2 Å². The number of aliphatic hydroxyl groups excluding tert-OH is 1. The Hall–Kier alpha value is -0.0800. The molecule has 0 amide bonds. The van der Waals surface area contributed by atoms with Gasteiger partial charge in [-0.3, -0.25) is 0 Å². The summed E-state index contributed by atoms with van der Waals surface area (Å²) in [6.45, 7) is 6.00. The van der Waals surface area contributed by atoms with Crippen molar-refractivity contribution in [2.45, 2.75) is 110 Å². The number of hydrogen-bond donors (Lipinski definition) is 1. The minimum absolute atomic E-state index is 0.321. The molecule has 0 aliphatic rings. The first-order chi connectivity index (χ1) is 11.1. The highest BCUT2D eigenvalue weighted by molar-refractivity contribution is 4.54. The second-order valence-corrected chi connectivity index (χ2v) is 7.99. The number of likely N-dealkylation sites (N-methyl/N-ethyl adjacent to an activating group) is 1. The molecule has 0 bridgehead atoms. The number of nitrogens with zero attached hydrogens (tertiary/aromatic N) is 1. The largest absolute Gasteiger partial charge is 0.390 e. The first-order valence-electron chi connectivity index (χ1n) is 10.5. The van der Waals surface area contributed by atoms with Crippen LogP contribution in [0.2, 0.25) is 0 Å². The van der Waals surface area contributed by atoms with Gasteiger partial charge in [-0.1, -0.05) is 84.5 Å². The first kappa shape index (κ1) is 22.9. The van der Waals surface area contributed by atoms with Crippen molar-refractivity contribution in [1.29, 1.82) is 0 Å². The van der Waals surface area contributed by atoms with Gasteiger partial charge in [0, 0.05) is 0 Å². The Morgan fingerprint density at radius 1 is 0.652 bits per heavy atom. The van der Waals surface area contributed by atoms with Gasteiger partial charge in [-0.05, 0) is 19.3 Å². The van der Waals surface area contributed by atoms with Gasteiger partial charge in [0.25, 0.3) is 0 Å². The van der Waals surface area contributed by atoms with Crippen LogP contribution in [0.4, 0.5) is 0 Å². The standard InChI is InChI=1S/C21H46NO/c1-5-7-8-9-10-11-12-13-14-15-16-17-18-19-22(3,4)21(6-2)20-23/h21,23H,5-20H2,1-4H3/q+1. The third-order valence-corrected chi connectivity index (χ3v) is 5.51. The fourth-order valence-corrected chi connectivity index (χ4v) is 3.56. The summed E-state index contributed by atoms with van der Waals surface area (Å²) >= 11 is 0. The van der Waals surface area contributed by atoms with E-state index in [4.69, 9.17) is 0 Å². The predicted octanol–water partition coefficient (Wildman–Crippen LogP) is 5.92. The van der Waals surface area contributed by atoms with E-state index in [2.05, 4.69) is 27.9 Å². The molecule has 0 aromatic heterocycles. The van der Waals surface area contributed by atoms with E-state index >= 15 is 0 Å². The van der Waals surface area contributed by atoms with Gasteiger partial charge < -0.3 is 9.59 Å². The lowest BCUT2D eigenvalue weighted by molar-refractivity contribution is -0.915. The first-order valence-corrected chi connectivity index (χ1v) is 10.5. The Bertz CT molecular complexity index is 236. The van der Waals surface area contributed by atoms with Gasteiger partial charge in [0.15, 0.2) is 0 Å². The average molecular weight is 329 g/mol. The normalized spacial score (nSPS) is 13.4. The molecule has 1 atom stereocenters. The lowest BCUT2D eigenvalue weighted by Gasteiger charge is -2.36. The van der Waals surface area contributed by atoms with Crippen molar-refractivity contribution in [1.82, 2.24) is 0 Å². The number of hydrogen-bond acceptors (Lipinski definition) is 1. The fourth-order valence-electron chi connectivity index (χ4n) is 3.56. The summed E-state index contributed by atoms with van der Waals surface area (Å²) in [4.78, 5) is 0. The smallest absolute Gasteiger partial charge is 0.112 e. The van der Waals surface area contributed by atoms with Crippen molar-refractivity contribution in [3.63, 3.8) is 0 Å². The van der Waals surface area contributed by atoms with Crippen molar-refractivity contribution in [3.8, 4) is 0 Å². The zero-order valence-corrected chi connectivity index (χ0v) is 16.8. The molecule has 0 radical (unpaired) electrons. The quantitative estimate of drug-likeness (QED) is 0.259. The van der Waals surface area contributed by atoms with Crippen LogP contribution >= 0.6 is 0 Å². The van der Waals surface area contributed by atoms with Crippen molar-refractivity contribution in [2.75, 3.05) is 27.2 Å². The lowest BCUT2D eigenvalue weighted by atomic mass is 10.0. The highest BCUT2D eigenvalue weighted by Gasteiger charge is 2.24. The average Bonchev–Trinajstić information content (AvgIpc) is 2.52. The van der Waals surface area contributed by atoms with E-state index in [0.717, 1.165) is 10.9 Å². The van der Waals surface area contributed by atoms with Crippen LogP contribution in [0.25, 0.3) is 0 Å². The molecule has 1 unspecified atom stereocenters. The minimum atomic E-state index is 0.321. The summed E-state index contributed by atoms with van der Waals surface area (Å²) in [6.07, 6.45) is 19.5. The second kappa shape index (κ2) is 15.4. The second-order valence-electron chi connectivity index (χ2n) is 7.99. The van der Waals surface area contributed by atoms with Crippen LogP contribution in [0, 0.1) is 0 Å². The molecule has 0 aromatic carbocycles. The minimum Gasteiger partial charge on any atom is -0.390 e. The summed E-state index contributed by atoms with van der Waals surface area (Å²) in [5.74, 6) is 0. The SMILES string of the molecule is CCCCCCCCCCCCCCC[N+](C)(C)C(CC)CO. The van der Waals surface area contributed by atoms with Crippen LogP contribution in [0.1, 0.15) is 104 Å². The molecule has 2 heteroatoms. The topological polar surface area (TPSA) is 20.2 Å². The number of rotatable bonds is 17. The van der Waals surface area contributed by atoms with E-state index in [9.17, 15) is 5.11 Å². The van der Waals surface area contributed by atoms with Gasteiger partial charge in [-0.25, -0.2) is 0 Å². The maximum atomic E-state index is 9.45. The molecule has 0 saturated heterocycles. The highest BCUT2D eigenvalue weighted by atomic mass is 16.3. The maximum Gasteiger partial charge on any atom is 0.112 e. The Morgan fingerprint density at radius 2 is 1.04 bits per heavy atom. The Kier molecular flexibility index (Phi) is 15.4. The lowest BCUT2D eigenvalue weighted by Crippen LogP contribution is -2.50. The van der Waals surface area contributed by atoms with Gasteiger partial charge in [0.1, 0.15) is 6.04 Å². The Balaban J connectivity index is 3.33. The van der Waals surface area contributed by atoms with E-state index in [0.29, 0.717) is 12.6 Å². The number of aliphatic hydroxyl groups is 1. The van der Waals surface area contributed by atoms with E-state index in [1.54, 1.807) is 0 Å². The van der Waals surface area contributed by atoms with E-state index < -0.39 is 0 Å². The molecule has 2 nitrogen and oxygen atoms in total. The van der Waals surface area contributed by atoms with Crippen LogP contribution in [0.15, 0.2) is 0 Å². The summed E-state index contributed by atoms with van der Waals surface area (Å²) in [5, 5.41) is 9.45. The van der Waals surface area contributed by atoms with Gasteiger partial charge in [0.2, 0.25) is 0 Å². The van der Waals surface area contributed by atoms with E-state index in [1.165, 1.54) is 90.0 Å². The number of unbranched alkanes of at least 4 members (excludes halogenated alkanes) is 12. The van der Waals surface area contributed by atoms with E-state index in [-0.39, 0.29) is 0 Å².